The van der Waals surface area contributed by atoms with Crippen molar-refractivity contribution in [1.29, 1.82) is 0 Å². The Balaban J connectivity index is 2.96. The highest BCUT2D eigenvalue weighted by molar-refractivity contribution is 4.78. The highest BCUT2D eigenvalue weighted by atomic mass is 19.1. The Morgan fingerprint density at radius 2 is 2.50 bits per heavy atom. The first kappa shape index (κ1) is 5.63. The fraction of sp³-hybridized carbons (Fsp3) is 0.500. The summed E-state index contributed by atoms with van der Waals surface area (Å²) in [5, 5.41) is 0. The van der Waals surface area contributed by atoms with Crippen LogP contribution in [0.1, 0.15) is 0 Å². The fourth-order valence-electron chi connectivity index (χ4n) is 0.0962. The quantitative estimate of drug-likeness (QED) is 0.489. The lowest BCUT2D eigenvalue weighted by atomic mass is 10.4. The number of hydrogen-bond acceptors (Lipinski definition) is 1. The fourth-order valence-corrected chi connectivity index (χ4v) is 0.0962. The number of halogens is 1. The van der Waals surface area contributed by atoms with Crippen molar-refractivity contribution in [2.45, 2.75) is 6.17 Å². The second-order valence-electron chi connectivity index (χ2n) is 0.987. The van der Waals surface area contributed by atoms with E-state index in [0.29, 0.717) is 0 Å². The molecule has 1 unspecified atom stereocenters. The molecule has 0 rings (SSSR count). The third-order valence-electron chi connectivity index (χ3n) is 0.481. The maximum absolute atomic E-state index is 11.6. The van der Waals surface area contributed by atoms with Crippen molar-refractivity contribution < 1.29 is 4.39 Å². The lowest BCUT2D eigenvalue weighted by Crippen LogP contribution is -2.11. The normalized spacial score (nSPS) is 13.7. The highest BCUT2D eigenvalue weighted by Crippen LogP contribution is 1.83. The van der Waals surface area contributed by atoms with Crippen LogP contribution in [-0.2, 0) is 0 Å². The van der Waals surface area contributed by atoms with Gasteiger partial charge in [-0.1, -0.05) is 6.08 Å². The Kier molecular flexibility index (Phi) is 2.67. The molecule has 6 heavy (non-hydrogen) atoms. The molecule has 0 amide bonds. The minimum atomic E-state index is -1.02. The van der Waals surface area contributed by atoms with Crippen LogP contribution in [0.4, 0.5) is 4.39 Å². The van der Waals surface area contributed by atoms with Gasteiger partial charge in [-0.25, -0.2) is 4.39 Å². The van der Waals surface area contributed by atoms with Gasteiger partial charge in [0.2, 0.25) is 0 Å². The van der Waals surface area contributed by atoms with Crippen molar-refractivity contribution in [3.63, 3.8) is 0 Å². The van der Waals surface area contributed by atoms with Crippen LogP contribution < -0.4 is 5.73 Å². The summed E-state index contributed by atoms with van der Waals surface area (Å²) in [6, 6.07) is 0. The van der Waals surface area contributed by atoms with Crippen LogP contribution in [0.5, 0.6) is 0 Å². The Hall–Kier alpha value is -0.370. The van der Waals surface area contributed by atoms with Crippen LogP contribution in [0.3, 0.4) is 0 Å². The number of rotatable bonds is 2. The van der Waals surface area contributed by atoms with Gasteiger partial charge in [-0.3, -0.25) is 0 Å². The molecule has 0 aromatic carbocycles. The van der Waals surface area contributed by atoms with Crippen molar-refractivity contribution in [3.05, 3.63) is 12.7 Å². The first-order chi connectivity index (χ1) is 2.81. The van der Waals surface area contributed by atoms with Gasteiger partial charge in [-0.2, -0.15) is 0 Å². The van der Waals surface area contributed by atoms with Gasteiger partial charge in [-0.15, -0.1) is 6.58 Å². The summed E-state index contributed by atoms with van der Waals surface area (Å²) in [7, 11) is 0. The molecule has 0 heterocycles. The monoisotopic (exact) mass is 89.1 g/mol. The summed E-state index contributed by atoms with van der Waals surface area (Å²) in [5.41, 5.74) is 4.84. The summed E-state index contributed by atoms with van der Waals surface area (Å²) in [6.07, 6.45) is 0.157. The molecule has 1 nitrogen and oxygen atoms in total. The summed E-state index contributed by atoms with van der Waals surface area (Å²) < 4.78 is 11.6. The minimum absolute atomic E-state index is 0.0451. The maximum atomic E-state index is 11.6. The van der Waals surface area contributed by atoms with Gasteiger partial charge in [0.15, 0.2) is 0 Å². The maximum Gasteiger partial charge on any atom is 0.130 e. The molecule has 0 saturated carbocycles. The topological polar surface area (TPSA) is 26.0 Å². The number of alkyl halides is 1. The smallest absolute Gasteiger partial charge is 0.130 e. The van der Waals surface area contributed by atoms with Gasteiger partial charge >= 0.3 is 0 Å². The summed E-state index contributed by atoms with van der Waals surface area (Å²) >= 11 is 0. The Labute approximate surface area is 36.6 Å². The van der Waals surface area contributed by atoms with Gasteiger partial charge < -0.3 is 5.73 Å². The standard InChI is InChI=1S/C4H8FN/c1-2-4(5)3-6/h2,4H,1,3,6H2. The van der Waals surface area contributed by atoms with E-state index in [0.717, 1.165) is 0 Å². The predicted octanol–water partition coefficient (Wildman–Crippen LogP) is 0.469. The van der Waals surface area contributed by atoms with E-state index in [9.17, 15) is 4.39 Å². The van der Waals surface area contributed by atoms with Gasteiger partial charge in [0.25, 0.3) is 0 Å². The van der Waals surface area contributed by atoms with Gasteiger partial charge in [0.1, 0.15) is 6.17 Å². The average molecular weight is 89.1 g/mol. The van der Waals surface area contributed by atoms with Crippen LogP contribution in [-0.4, -0.2) is 12.7 Å². The second kappa shape index (κ2) is 2.85. The SMILES string of the molecule is C=CC(F)CN. The number of hydrogen-bond donors (Lipinski definition) is 1. The summed E-state index contributed by atoms with van der Waals surface area (Å²) in [6.45, 7) is 3.22. The molecule has 0 saturated heterocycles. The van der Waals surface area contributed by atoms with Crippen molar-refractivity contribution >= 4 is 0 Å². The van der Waals surface area contributed by atoms with Crippen LogP contribution in [0, 0.1) is 0 Å². The van der Waals surface area contributed by atoms with Crippen molar-refractivity contribution in [1.82, 2.24) is 0 Å². The molecule has 0 aliphatic carbocycles. The van der Waals surface area contributed by atoms with E-state index in [-0.39, 0.29) is 6.54 Å². The zero-order valence-electron chi connectivity index (χ0n) is 3.52. The van der Waals surface area contributed by atoms with Crippen LogP contribution >= 0.6 is 0 Å². The molecule has 0 bridgehead atoms. The molecule has 0 radical (unpaired) electrons. The molecule has 0 fully saturated rings. The second-order valence-corrected chi connectivity index (χ2v) is 0.987. The van der Waals surface area contributed by atoms with E-state index >= 15 is 0 Å². The molecule has 0 aliphatic heterocycles. The Bertz CT molecular complexity index is 44.8. The van der Waals surface area contributed by atoms with Gasteiger partial charge in [0, 0.05) is 6.54 Å². The Morgan fingerprint density at radius 1 is 2.00 bits per heavy atom. The third-order valence-corrected chi connectivity index (χ3v) is 0.481. The lowest BCUT2D eigenvalue weighted by Gasteiger charge is -1.89. The van der Waals surface area contributed by atoms with Gasteiger partial charge in [0.05, 0.1) is 0 Å². The zero-order valence-corrected chi connectivity index (χ0v) is 3.52. The van der Waals surface area contributed by atoms with Gasteiger partial charge in [-0.05, 0) is 0 Å². The molecule has 1 atom stereocenters. The van der Waals surface area contributed by atoms with Crippen molar-refractivity contribution in [3.8, 4) is 0 Å². The van der Waals surface area contributed by atoms with E-state index in [1.807, 2.05) is 0 Å². The lowest BCUT2D eigenvalue weighted by molar-refractivity contribution is 0.409. The van der Waals surface area contributed by atoms with Crippen LogP contribution in [0.25, 0.3) is 0 Å². The van der Waals surface area contributed by atoms with E-state index in [4.69, 9.17) is 5.73 Å². The summed E-state index contributed by atoms with van der Waals surface area (Å²) in [5.74, 6) is 0. The molecule has 0 aromatic rings. The molecule has 2 heteroatoms. The van der Waals surface area contributed by atoms with Crippen LogP contribution in [0.15, 0.2) is 12.7 Å². The van der Waals surface area contributed by atoms with E-state index in [1.165, 1.54) is 6.08 Å². The summed E-state index contributed by atoms with van der Waals surface area (Å²) in [4.78, 5) is 0. The molecule has 0 aliphatic rings. The first-order valence-corrected chi connectivity index (χ1v) is 1.78. The van der Waals surface area contributed by atoms with E-state index in [2.05, 4.69) is 6.58 Å². The van der Waals surface area contributed by atoms with Crippen molar-refractivity contribution in [2.75, 3.05) is 6.54 Å². The van der Waals surface area contributed by atoms with Crippen LogP contribution in [0.2, 0.25) is 0 Å². The minimum Gasteiger partial charge on any atom is -0.327 e. The molecular weight excluding hydrogens is 81.0 g/mol. The van der Waals surface area contributed by atoms with E-state index < -0.39 is 6.17 Å². The van der Waals surface area contributed by atoms with E-state index in [1.54, 1.807) is 0 Å². The average Bonchev–Trinajstić information content (AvgIpc) is 1.65. The Morgan fingerprint density at radius 3 is 2.50 bits per heavy atom. The predicted molar refractivity (Wildman–Crippen MR) is 24.1 cm³/mol. The molecule has 0 aromatic heterocycles. The van der Waals surface area contributed by atoms with Crippen molar-refractivity contribution in [2.24, 2.45) is 5.73 Å². The molecule has 2 N–H and O–H groups in total. The first-order valence-electron chi connectivity index (χ1n) is 1.78. The number of nitrogens with two attached hydrogens (primary N) is 1. The zero-order chi connectivity index (χ0) is 4.99. The molecular formula is C4H8FN. The third kappa shape index (κ3) is 1.91. The largest absolute Gasteiger partial charge is 0.327 e. The molecule has 0 spiro atoms. The molecule has 36 valence electrons. The highest BCUT2D eigenvalue weighted by Gasteiger charge is 1.90.